The van der Waals surface area contributed by atoms with Crippen molar-refractivity contribution in [3.8, 4) is 0 Å². The Labute approximate surface area is 238 Å². The van der Waals surface area contributed by atoms with Gasteiger partial charge in [0.15, 0.2) is 0 Å². The number of pyridine rings is 1. The van der Waals surface area contributed by atoms with E-state index in [1.165, 1.54) is 40.3 Å². The molecular weight excluding hydrogens is 500 g/mol. The molecule has 1 aromatic carbocycles. The van der Waals surface area contributed by atoms with E-state index in [-0.39, 0.29) is 27.3 Å². The second kappa shape index (κ2) is 9.74. The summed E-state index contributed by atoms with van der Waals surface area (Å²) in [5.41, 5.74) is 4.08. The van der Waals surface area contributed by atoms with Gasteiger partial charge < -0.3 is 14.2 Å². The number of hydrogen-bond donors (Lipinski definition) is 1. The molecule has 0 radical (unpaired) electrons. The number of quaternary nitrogens is 1. The molecule has 2 bridgehead atoms. The fourth-order valence-electron chi connectivity index (χ4n) is 9.64. The van der Waals surface area contributed by atoms with Crippen LogP contribution in [0.15, 0.2) is 60.0 Å². The molecule has 2 spiro atoms. The van der Waals surface area contributed by atoms with Gasteiger partial charge in [-0.1, -0.05) is 31.2 Å². The summed E-state index contributed by atoms with van der Waals surface area (Å²) in [5, 5.41) is 14.4. The van der Waals surface area contributed by atoms with Gasteiger partial charge in [-0.3, -0.25) is 4.98 Å². The van der Waals surface area contributed by atoms with Gasteiger partial charge >= 0.3 is 0 Å². The first-order chi connectivity index (χ1) is 19.4. The minimum atomic E-state index is -0.252. The molecule has 214 valence electrons. The van der Waals surface area contributed by atoms with E-state index >= 15 is 0 Å². The second-order valence-corrected chi connectivity index (χ2v) is 13.5. The summed E-state index contributed by atoms with van der Waals surface area (Å²) in [6.07, 6.45) is 17.5. The summed E-state index contributed by atoms with van der Waals surface area (Å²) < 4.78 is 18.3. The minimum absolute atomic E-state index is 0.00973. The average molecular weight is 546 g/mol. The smallest absolute Gasteiger partial charge is 0.132 e. The zero-order valence-corrected chi connectivity index (χ0v) is 24.4. The first-order valence-corrected chi connectivity index (χ1v) is 15.4. The number of fused-ring (bicyclic) bond motifs is 2. The van der Waals surface area contributed by atoms with Gasteiger partial charge in [-0.05, 0) is 90.0 Å². The van der Waals surface area contributed by atoms with Crippen LogP contribution < -0.4 is 0 Å². The van der Waals surface area contributed by atoms with Crippen LogP contribution in [0.5, 0.6) is 0 Å². The highest BCUT2D eigenvalue weighted by Gasteiger charge is 2.67. The number of benzene rings is 1. The molecule has 40 heavy (non-hydrogen) atoms. The number of allylic oxidation sites excluding steroid dienone is 1. The summed E-state index contributed by atoms with van der Waals surface area (Å²) in [4.78, 5) is 4.39. The fourth-order valence-corrected chi connectivity index (χ4v) is 9.64. The Bertz CT molecular complexity index is 1350. The first kappa shape index (κ1) is 26.8. The van der Waals surface area contributed by atoms with Gasteiger partial charge in [0.05, 0.1) is 24.4 Å². The van der Waals surface area contributed by atoms with Crippen LogP contribution in [0.2, 0.25) is 0 Å². The highest BCUT2D eigenvalue weighted by Crippen LogP contribution is 2.69. The van der Waals surface area contributed by atoms with Crippen molar-refractivity contribution in [2.24, 2.45) is 11.3 Å². The van der Waals surface area contributed by atoms with Crippen LogP contribution in [0, 0.1) is 11.3 Å². The molecule has 7 rings (SSSR count). The Morgan fingerprint density at radius 2 is 1.88 bits per heavy atom. The van der Waals surface area contributed by atoms with Crippen LogP contribution >= 0.6 is 0 Å². The zero-order chi connectivity index (χ0) is 27.6. The Morgan fingerprint density at radius 3 is 2.67 bits per heavy atom. The van der Waals surface area contributed by atoms with E-state index in [9.17, 15) is 5.21 Å². The predicted molar refractivity (Wildman–Crippen MR) is 155 cm³/mol. The summed E-state index contributed by atoms with van der Waals surface area (Å²) >= 11 is 0. The van der Waals surface area contributed by atoms with Crippen molar-refractivity contribution in [3.63, 3.8) is 0 Å². The molecule has 2 aliphatic heterocycles. The highest BCUT2D eigenvalue weighted by atomic mass is 16.6. The van der Waals surface area contributed by atoms with Crippen molar-refractivity contribution >= 4 is 10.8 Å². The van der Waals surface area contributed by atoms with Gasteiger partial charge in [-0.25, -0.2) is 5.21 Å². The van der Waals surface area contributed by atoms with Gasteiger partial charge in [0.2, 0.25) is 0 Å². The lowest BCUT2D eigenvalue weighted by molar-refractivity contribution is -1.12. The van der Waals surface area contributed by atoms with Crippen molar-refractivity contribution in [1.82, 2.24) is 4.98 Å². The number of nitrogens with zero attached hydrogens (tertiary/aromatic N) is 2. The SMILES string of the molecule is COCC[N+](O)(CCOC)[C@@H]1CCC2=CC3=CC[C@]4(C)[C@@H](c5ccc6ccncc6c5)CC[C@H]4[C@@]34CC[C@]2(C1)O4. The molecule has 0 amide bonds. The van der Waals surface area contributed by atoms with Crippen molar-refractivity contribution in [2.45, 2.75) is 81.5 Å². The maximum atomic E-state index is 11.9. The molecule has 2 saturated carbocycles. The molecule has 2 aromatic rings. The molecular formula is C34H45N2O4+. The number of methoxy groups -OCH3 is 2. The molecule has 6 heteroatoms. The minimum Gasteiger partial charge on any atom is -0.379 e. The lowest BCUT2D eigenvalue weighted by atomic mass is 9.58. The lowest BCUT2D eigenvalue weighted by Gasteiger charge is -2.55. The third kappa shape index (κ3) is 3.90. The van der Waals surface area contributed by atoms with Crippen LogP contribution in [0.4, 0.5) is 0 Å². The van der Waals surface area contributed by atoms with Crippen molar-refractivity contribution < 1.29 is 24.1 Å². The quantitative estimate of drug-likeness (QED) is 0.310. The van der Waals surface area contributed by atoms with E-state index in [1.54, 1.807) is 14.2 Å². The summed E-state index contributed by atoms with van der Waals surface area (Å²) in [6.45, 7) is 4.78. The number of hydrogen-bond acceptors (Lipinski definition) is 5. The molecule has 5 aliphatic rings. The van der Waals surface area contributed by atoms with Crippen molar-refractivity contribution in [2.75, 3.05) is 40.5 Å². The Hall–Kier alpha value is -2.09. The van der Waals surface area contributed by atoms with E-state index in [0.29, 0.717) is 38.1 Å². The lowest BCUT2D eigenvalue weighted by Crippen LogP contribution is -2.61. The second-order valence-electron chi connectivity index (χ2n) is 13.5. The summed E-state index contributed by atoms with van der Waals surface area (Å²) in [6, 6.07) is 9.25. The number of aromatic nitrogens is 1. The van der Waals surface area contributed by atoms with Crippen LogP contribution in [0.1, 0.15) is 69.8 Å². The molecule has 1 saturated heterocycles. The molecule has 6 atom stereocenters. The third-order valence-corrected chi connectivity index (χ3v) is 11.8. The van der Waals surface area contributed by atoms with Crippen LogP contribution in [-0.4, -0.2) is 72.6 Å². The Balaban J connectivity index is 1.20. The maximum Gasteiger partial charge on any atom is 0.132 e. The van der Waals surface area contributed by atoms with E-state index in [2.05, 4.69) is 48.3 Å². The standard InChI is InChI=1S/C34H45N2O4/c1-32-12-10-28-21-27-6-7-29(36(37,16-18-38-2)17-19-39-3)22-33(27)13-14-34(28,40-33)31(32)9-8-30(32)25-5-4-24-11-15-35-23-26(24)20-25/h4-5,10-11,15,20-21,23,29-31,37H,6-9,12-14,16-19,22H2,1-3H3/q+1/t29-,30-,31-,32-,33-,34-/m1/s1. The first-order valence-electron chi connectivity index (χ1n) is 15.4. The predicted octanol–water partition coefficient (Wildman–Crippen LogP) is 6.34. The molecule has 0 unspecified atom stereocenters. The number of hydroxylamine groups is 3. The van der Waals surface area contributed by atoms with Crippen molar-refractivity contribution in [3.05, 3.63) is 65.5 Å². The zero-order valence-electron chi connectivity index (χ0n) is 24.4. The summed E-state index contributed by atoms with van der Waals surface area (Å²) in [7, 11) is 3.42. The number of ether oxygens (including phenoxy) is 3. The van der Waals surface area contributed by atoms with E-state index < -0.39 is 0 Å². The average Bonchev–Trinajstić information content (AvgIpc) is 3.49. The molecule has 6 nitrogen and oxygen atoms in total. The monoisotopic (exact) mass is 545 g/mol. The van der Waals surface area contributed by atoms with Crippen LogP contribution in [0.3, 0.4) is 0 Å². The van der Waals surface area contributed by atoms with Crippen LogP contribution in [-0.2, 0) is 14.2 Å². The highest BCUT2D eigenvalue weighted by molar-refractivity contribution is 5.82. The third-order valence-electron chi connectivity index (χ3n) is 11.8. The van der Waals surface area contributed by atoms with Crippen molar-refractivity contribution in [1.29, 1.82) is 0 Å². The molecule has 3 fully saturated rings. The molecule has 3 aliphatic carbocycles. The molecule has 3 heterocycles. The van der Waals surface area contributed by atoms with Gasteiger partial charge in [-0.2, -0.15) is 4.65 Å². The van der Waals surface area contributed by atoms with Gasteiger partial charge in [0.1, 0.15) is 19.1 Å². The topological polar surface area (TPSA) is 60.8 Å². The molecule has 1 N–H and O–H groups in total. The Kier molecular flexibility index (Phi) is 6.52. The number of rotatable bonds is 8. The van der Waals surface area contributed by atoms with Gasteiger partial charge in [0, 0.05) is 44.8 Å². The van der Waals surface area contributed by atoms with E-state index in [0.717, 1.165) is 38.5 Å². The fraction of sp³-hybridized carbons (Fsp3) is 0.618. The normalized spacial score (nSPS) is 36.5. The largest absolute Gasteiger partial charge is 0.379 e. The van der Waals surface area contributed by atoms with Gasteiger partial charge in [-0.15, -0.1) is 0 Å². The maximum absolute atomic E-state index is 11.9. The molecule has 1 aromatic heterocycles. The summed E-state index contributed by atoms with van der Waals surface area (Å²) in [5.74, 6) is 1.02. The van der Waals surface area contributed by atoms with Gasteiger partial charge in [0.25, 0.3) is 0 Å². The van der Waals surface area contributed by atoms with E-state index in [1.807, 2.05) is 12.4 Å². The van der Waals surface area contributed by atoms with E-state index in [4.69, 9.17) is 14.2 Å². The Morgan fingerprint density at radius 1 is 1.05 bits per heavy atom. The van der Waals surface area contributed by atoms with Crippen LogP contribution in [0.25, 0.3) is 10.8 Å².